The molecule has 0 fully saturated rings. The van der Waals surface area contributed by atoms with E-state index in [0.717, 1.165) is 0 Å². The molecule has 2 unspecified atom stereocenters. The van der Waals surface area contributed by atoms with Crippen LogP contribution in [0.3, 0.4) is 0 Å². The number of ether oxygens (including phenoxy) is 2. The largest absolute Gasteiger partial charge is 0.394 e. The van der Waals surface area contributed by atoms with E-state index in [1.54, 1.807) is 0 Å². The van der Waals surface area contributed by atoms with Crippen molar-refractivity contribution in [3.63, 3.8) is 0 Å². The Labute approximate surface area is 71.5 Å². The molecular weight excluding hydrogens is 164 g/mol. The molecule has 0 saturated carbocycles. The van der Waals surface area contributed by atoms with Gasteiger partial charge in [0.15, 0.2) is 6.29 Å². The first-order valence-corrected chi connectivity index (χ1v) is 3.68. The second kappa shape index (κ2) is 6.33. The van der Waals surface area contributed by atoms with Crippen LogP contribution in [0.4, 0.5) is 0 Å². The first-order valence-electron chi connectivity index (χ1n) is 3.68. The fourth-order valence-electron chi connectivity index (χ4n) is 0.875. The highest BCUT2D eigenvalue weighted by molar-refractivity contribution is 4.65. The van der Waals surface area contributed by atoms with E-state index in [-0.39, 0.29) is 13.0 Å². The molecule has 0 heterocycles. The summed E-state index contributed by atoms with van der Waals surface area (Å²) in [5.41, 5.74) is 0. The van der Waals surface area contributed by atoms with Crippen LogP contribution in [0.2, 0.25) is 0 Å². The summed E-state index contributed by atoms with van der Waals surface area (Å²) >= 11 is 0. The molecule has 0 rings (SSSR count). The number of hydrogen-bond acceptors (Lipinski definition) is 5. The molecule has 0 aromatic rings. The van der Waals surface area contributed by atoms with Crippen LogP contribution in [-0.2, 0) is 9.47 Å². The summed E-state index contributed by atoms with van der Waals surface area (Å²) in [4.78, 5) is 0. The van der Waals surface area contributed by atoms with Gasteiger partial charge >= 0.3 is 0 Å². The average Bonchev–Trinajstić information content (AvgIpc) is 2.06. The molecule has 74 valence electrons. The van der Waals surface area contributed by atoms with Crippen LogP contribution in [0.1, 0.15) is 6.42 Å². The van der Waals surface area contributed by atoms with Gasteiger partial charge in [0.05, 0.1) is 12.7 Å². The lowest BCUT2D eigenvalue weighted by atomic mass is 10.1. The molecular formula is C7H16O5. The second-order valence-corrected chi connectivity index (χ2v) is 2.48. The topological polar surface area (TPSA) is 79.2 Å². The maximum atomic E-state index is 9.29. The van der Waals surface area contributed by atoms with Crippen LogP contribution in [0.25, 0.3) is 0 Å². The number of hydrogen-bond donors (Lipinski definition) is 3. The molecule has 3 N–H and O–H groups in total. The van der Waals surface area contributed by atoms with Crippen LogP contribution in [0.15, 0.2) is 0 Å². The highest BCUT2D eigenvalue weighted by atomic mass is 16.7. The van der Waals surface area contributed by atoms with Crippen LogP contribution in [-0.4, -0.2) is 54.6 Å². The lowest BCUT2D eigenvalue weighted by Crippen LogP contribution is -2.33. The predicted molar refractivity (Wildman–Crippen MR) is 41.5 cm³/mol. The Kier molecular flexibility index (Phi) is 6.23. The van der Waals surface area contributed by atoms with E-state index < -0.39 is 18.5 Å². The molecule has 0 radical (unpaired) electrons. The summed E-state index contributed by atoms with van der Waals surface area (Å²) in [6.07, 6.45) is -2.59. The molecule has 0 saturated heterocycles. The van der Waals surface area contributed by atoms with Gasteiger partial charge in [-0.25, -0.2) is 0 Å². The predicted octanol–water partition coefficient (Wildman–Crippen LogP) is -1.29. The van der Waals surface area contributed by atoms with Crippen molar-refractivity contribution in [1.82, 2.24) is 0 Å². The minimum Gasteiger partial charge on any atom is -0.394 e. The van der Waals surface area contributed by atoms with Gasteiger partial charge in [0.2, 0.25) is 0 Å². The summed E-state index contributed by atoms with van der Waals surface area (Å²) in [5.74, 6) is 0. The third-order valence-electron chi connectivity index (χ3n) is 1.50. The Morgan fingerprint density at radius 2 is 1.67 bits per heavy atom. The zero-order valence-corrected chi connectivity index (χ0v) is 7.30. The van der Waals surface area contributed by atoms with E-state index >= 15 is 0 Å². The van der Waals surface area contributed by atoms with Crippen molar-refractivity contribution in [3.8, 4) is 0 Å². The Morgan fingerprint density at radius 3 is 2.00 bits per heavy atom. The Balaban J connectivity index is 3.75. The van der Waals surface area contributed by atoms with Gasteiger partial charge in [0, 0.05) is 20.6 Å². The molecule has 0 aliphatic rings. The Morgan fingerprint density at radius 1 is 1.17 bits per heavy atom. The standard InChI is InChI=1S/C7H16O5/c1-11-7(12-2)6(10)3-5(9)4-8/h5-10H,3-4H2,1-2H3. The van der Waals surface area contributed by atoms with Gasteiger partial charge in [-0.15, -0.1) is 0 Å². The van der Waals surface area contributed by atoms with E-state index in [9.17, 15) is 5.11 Å². The molecule has 0 aliphatic heterocycles. The van der Waals surface area contributed by atoms with Crippen molar-refractivity contribution >= 4 is 0 Å². The van der Waals surface area contributed by atoms with E-state index in [1.807, 2.05) is 0 Å². The van der Waals surface area contributed by atoms with Gasteiger partial charge < -0.3 is 24.8 Å². The zero-order chi connectivity index (χ0) is 9.56. The van der Waals surface area contributed by atoms with Gasteiger partial charge in [-0.2, -0.15) is 0 Å². The molecule has 0 spiro atoms. The minimum atomic E-state index is -0.937. The summed E-state index contributed by atoms with van der Waals surface area (Å²) in [5, 5.41) is 26.7. The van der Waals surface area contributed by atoms with E-state index in [4.69, 9.17) is 19.7 Å². The second-order valence-electron chi connectivity index (χ2n) is 2.48. The fourth-order valence-corrected chi connectivity index (χ4v) is 0.875. The van der Waals surface area contributed by atoms with Crippen molar-refractivity contribution in [2.75, 3.05) is 20.8 Å². The van der Waals surface area contributed by atoms with Crippen molar-refractivity contribution in [2.24, 2.45) is 0 Å². The summed E-state index contributed by atoms with van der Waals surface area (Å²) < 4.78 is 9.48. The van der Waals surface area contributed by atoms with Gasteiger partial charge in [-0.1, -0.05) is 0 Å². The van der Waals surface area contributed by atoms with Crippen molar-refractivity contribution < 1.29 is 24.8 Å². The maximum absolute atomic E-state index is 9.29. The van der Waals surface area contributed by atoms with E-state index in [0.29, 0.717) is 0 Å². The van der Waals surface area contributed by atoms with E-state index in [2.05, 4.69) is 0 Å². The van der Waals surface area contributed by atoms with Crippen LogP contribution in [0.5, 0.6) is 0 Å². The zero-order valence-electron chi connectivity index (χ0n) is 7.30. The third kappa shape index (κ3) is 3.99. The molecule has 12 heavy (non-hydrogen) atoms. The van der Waals surface area contributed by atoms with Gasteiger partial charge in [0.1, 0.15) is 6.10 Å². The number of rotatable bonds is 6. The molecule has 5 heteroatoms. The molecule has 0 aromatic heterocycles. The lowest BCUT2D eigenvalue weighted by Gasteiger charge is -2.21. The fraction of sp³-hybridized carbons (Fsp3) is 1.00. The number of aliphatic hydroxyl groups is 3. The van der Waals surface area contributed by atoms with Gasteiger partial charge in [-0.3, -0.25) is 0 Å². The highest BCUT2D eigenvalue weighted by Gasteiger charge is 2.20. The smallest absolute Gasteiger partial charge is 0.182 e. The quantitative estimate of drug-likeness (QED) is 0.443. The molecule has 0 aromatic carbocycles. The molecule has 0 amide bonds. The van der Waals surface area contributed by atoms with Crippen molar-refractivity contribution in [1.29, 1.82) is 0 Å². The number of methoxy groups -OCH3 is 2. The minimum absolute atomic E-state index is 0.0306. The van der Waals surface area contributed by atoms with Crippen LogP contribution < -0.4 is 0 Å². The lowest BCUT2D eigenvalue weighted by molar-refractivity contribution is -0.172. The molecule has 0 aliphatic carbocycles. The summed E-state index contributed by atoms with van der Waals surface area (Å²) in [6.45, 7) is -0.378. The molecule has 0 bridgehead atoms. The SMILES string of the molecule is COC(OC)C(O)CC(O)CO. The monoisotopic (exact) mass is 180 g/mol. The van der Waals surface area contributed by atoms with Crippen LogP contribution >= 0.6 is 0 Å². The molecule has 5 nitrogen and oxygen atoms in total. The highest BCUT2D eigenvalue weighted by Crippen LogP contribution is 2.06. The van der Waals surface area contributed by atoms with Crippen LogP contribution in [0, 0.1) is 0 Å². The first-order chi connectivity index (χ1) is 5.65. The van der Waals surface area contributed by atoms with Gasteiger partial charge in [0.25, 0.3) is 0 Å². The van der Waals surface area contributed by atoms with Gasteiger partial charge in [-0.05, 0) is 0 Å². The number of aliphatic hydroxyl groups excluding tert-OH is 3. The first kappa shape index (κ1) is 11.8. The maximum Gasteiger partial charge on any atom is 0.182 e. The Bertz CT molecular complexity index is 104. The normalized spacial score (nSPS) is 16.5. The van der Waals surface area contributed by atoms with E-state index in [1.165, 1.54) is 14.2 Å². The third-order valence-corrected chi connectivity index (χ3v) is 1.50. The summed E-state index contributed by atoms with van der Waals surface area (Å²) in [7, 11) is 2.78. The summed E-state index contributed by atoms with van der Waals surface area (Å²) in [6, 6.07) is 0. The van der Waals surface area contributed by atoms with Crippen molar-refractivity contribution in [3.05, 3.63) is 0 Å². The van der Waals surface area contributed by atoms with Crippen molar-refractivity contribution in [2.45, 2.75) is 24.9 Å². The Hall–Kier alpha value is -0.200. The average molecular weight is 180 g/mol. The molecule has 2 atom stereocenters.